The molecule has 0 aromatic heterocycles. The van der Waals surface area contributed by atoms with Crippen LogP contribution in [0.1, 0.15) is 37.2 Å². The maximum absolute atomic E-state index is 13.3. The van der Waals surface area contributed by atoms with Crippen molar-refractivity contribution in [3.63, 3.8) is 0 Å². The summed E-state index contributed by atoms with van der Waals surface area (Å²) in [5.41, 5.74) is 2.51. The Balaban J connectivity index is 1.50. The van der Waals surface area contributed by atoms with E-state index in [1.807, 2.05) is 12.1 Å². The van der Waals surface area contributed by atoms with Gasteiger partial charge in [-0.05, 0) is 54.9 Å². The highest BCUT2D eigenvalue weighted by Crippen LogP contribution is 2.34. The van der Waals surface area contributed by atoms with Crippen molar-refractivity contribution in [1.29, 1.82) is 0 Å². The smallest absolute Gasteiger partial charge is 0.123 e. The molecule has 2 nitrogen and oxygen atoms in total. The molecule has 1 aliphatic carbocycles. The molecular weight excluding hydrogens is 253 g/mol. The first kappa shape index (κ1) is 13.8. The van der Waals surface area contributed by atoms with Crippen molar-refractivity contribution >= 4 is 0 Å². The van der Waals surface area contributed by atoms with Gasteiger partial charge in [0.1, 0.15) is 5.82 Å². The number of benzene rings is 1. The van der Waals surface area contributed by atoms with Crippen LogP contribution in [-0.2, 0) is 4.74 Å². The lowest BCUT2D eigenvalue weighted by molar-refractivity contribution is 0.148. The first-order chi connectivity index (χ1) is 9.81. The summed E-state index contributed by atoms with van der Waals surface area (Å²) in [5.74, 6) is 0.378. The topological polar surface area (TPSA) is 21.3 Å². The van der Waals surface area contributed by atoms with Crippen LogP contribution in [0.15, 0.2) is 35.9 Å². The van der Waals surface area contributed by atoms with Gasteiger partial charge >= 0.3 is 0 Å². The first-order valence-corrected chi connectivity index (χ1v) is 7.56. The maximum Gasteiger partial charge on any atom is 0.123 e. The monoisotopic (exact) mass is 275 g/mol. The molecule has 1 aliphatic heterocycles. The lowest BCUT2D eigenvalue weighted by atomic mass is 9.97. The van der Waals surface area contributed by atoms with Gasteiger partial charge in [0.15, 0.2) is 0 Å². The van der Waals surface area contributed by atoms with Crippen LogP contribution in [0.5, 0.6) is 0 Å². The highest BCUT2D eigenvalue weighted by atomic mass is 19.1. The van der Waals surface area contributed by atoms with Gasteiger partial charge in [-0.2, -0.15) is 0 Å². The van der Waals surface area contributed by atoms with E-state index >= 15 is 0 Å². The van der Waals surface area contributed by atoms with Gasteiger partial charge in [-0.3, -0.25) is 0 Å². The molecular formula is C17H22FNO. The van der Waals surface area contributed by atoms with Gasteiger partial charge < -0.3 is 10.1 Å². The SMILES string of the molecule is Fc1cccc([C@@H]2CC[C@H](NCC3=CCCOC3)C2)c1. The minimum absolute atomic E-state index is 0.122. The van der Waals surface area contributed by atoms with Crippen LogP contribution >= 0.6 is 0 Å². The Kier molecular flexibility index (Phi) is 4.48. The largest absolute Gasteiger partial charge is 0.377 e. The molecule has 2 atom stereocenters. The number of hydrogen-bond acceptors (Lipinski definition) is 2. The van der Waals surface area contributed by atoms with E-state index in [2.05, 4.69) is 11.4 Å². The minimum atomic E-state index is -0.122. The highest BCUT2D eigenvalue weighted by molar-refractivity contribution is 5.22. The van der Waals surface area contributed by atoms with E-state index in [1.54, 1.807) is 6.07 Å². The van der Waals surface area contributed by atoms with Crippen molar-refractivity contribution in [3.05, 3.63) is 47.3 Å². The molecule has 0 radical (unpaired) electrons. The van der Waals surface area contributed by atoms with Crippen LogP contribution in [0, 0.1) is 5.82 Å². The van der Waals surface area contributed by atoms with Gasteiger partial charge in [0, 0.05) is 12.6 Å². The van der Waals surface area contributed by atoms with Crippen molar-refractivity contribution < 1.29 is 9.13 Å². The van der Waals surface area contributed by atoms with Gasteiger partial charge in [-0.1, -0.05) is 18.2 Å². The Morgan fingerprint density at radius 3 is 3.05 bits per heavy atom. The second-order valence-corrected chi connectivity index (χ2v) is 5.85. The lowest BCUT2D eigenvalue weighted by Gasteiger charge is -2.18. The number of ether oxygens (including phenoxy) is 1. The van der Waals surface area contributed by atoms with E-state index in [0.29, 0.717) is 12.0 Å². The summed E-state index contributed by atoms with van der Waals surface area (Å²) in [6.45, 7) is 2.56. The molecule has 1 saturated carbocycles. The van der Waals surface area contributed by atoms with Gasteiger partial charge in [0.25, 0.3) is 0 Å². The molecule has 0 saturated heterocycles. The molecule has 1 N–H and O–H groups in total. The van der Waals surface area contributed by atoms with Gasteiger partial charge in [0.2, 0.25) is 0 Å². The molecule has 0 bridgehead atoms. The number of nitrogens with one attached hydrogen (secondary N) is 1. The van der Waals surface area contributed by atoms with Crippen molar-refractivity contribution in [2.75, 3.05) is 19.8 Å². The molecule has 0 unspecified atom stereocenters. The Labute approximate surface area is 120 Å². The molecule has 0 spiro atoms. The van der Waals surface area contributed by atoms with E-state index < -0.39 is 0 Å². The summed E-state index contributed by atoms with van der Waals surface area (Å²) in [4.78, 5) is 0. The molecule has 1 heterocycles. The zero-order valence-corrected chi connectivity index (χ0v) is 11.8. The average molecular weight is 275 g/mol. The molecule has 108 valence electrons. The molecule has 0 amide bonds. The predicted molar refractivity (Wildman–Crippen MR) is 78.3 cm³/mol. The molecule has 1 fully saturated rings. The third-order valence-corrected chi connectivity index (χ3v) is 4.35. The van der Waals surface area contributed by atoms with Crippen LogP contribution in [0.3, 0.4) is 0 Å². The molecule has 3 rings (SSSR count). The van der Waals surface area contributed by atoms with Crippen molar-refractivity contribution in [2.45, 2.75) is 37.6 Å². The fraction of sp³-hybridized carbons (Fsp3) is 0.529. The number of rotatable bonds is 4. The second-order valence-electron chi connectivity index (χ2n) is 5.85. The summed E-state index contributed by atoms with van der Waals surface area (Å²) in [6.07, 6.45) is 6.76. The standard InChI is InChI=1S/C17H22FNO/c18-16-5-1-4-14(9-16)15-6-7-17(10-15)19-11-13-3-2-8-20-12-13/h1,3-5,9,15,17,19H,2,6-8,10-12H2/t15-,17+/m1/s1. The van der Waals surface area contributed by atoms with Crippen LogP contribution in [0.2, 0.25) is 0 Å². The minimum Gasteiger partial charge on any atom is -0.377 e. The zero-order valence-electron chi connectivity index (χ0n) is 11.8. The summed E-state index contributed by atoms with van der Waals surface area (Å²) < 4.78 is 18.7. The predicted octanol–water partition coefficient (Wildman–Crippen LogP) is 3.40. The third kappa shape index (κ3) is 3.47. The Morgan fingerprint density at radius 1 is 1.30 bits per heavy atom. The van der Waals surface area contributed by atoms with Gasteiger partial charge in [0.05, 0.1) is 13.2 Å². The molecule has 2 aliphatic rings. The average Bonchev–Trinajstić information content (AvgIpc) is 2.95. The Bertz CT molecular complexity index is 486. The van der Waals surface area contributed by atoms with E-state index in [0.717, 1.165) is 44.6 Å². The number of halogens is 1. The first-order valence-electron chi connectivity index (χ1n) is 7.56. The van der Waals surface area contributed by atoms with Gasteiger partial charge in [-0.25, -0.2) is 4.39 Å². The maximum atomic E-state index is 13.3. The van der Waals surface area contributed by atoms with Crippen molar-refractivity contribution in [3.8, 4) is 0 Å². The summed E-state index contributed by atoms with van der Waals surface area (Å²) >= 11 is 0. The van der Waals surface area contributed by atoms with Crippen molar-refractivity contribution in [1.82, 2.24) is 5.32 Å². The fourth-order valence-electron chi connectivity index (χ4n) is 3.24. The molecule has 20 heavy (non-hydrogen) atoms. The van der Waals surface area contributed by atoms with Crippen LogP contribution in [-0.4, -0.2) is 25.8 Å². The summed E-state index contributed by atoms with van der Waals surface area (Å²) in [6, 6.07) is 7.61. The summed E-state index contributed by atoms with van der Waals surface area (Å²) in [7, 11) is 0. The molecule has 1 aromatic carbocycles. The highest BCUT2D eigenvalue weighted by Gasteiger charge is 2.25. The normalized spacial score (nSPS) is 26.6. The third-order valence-electron chi connectivity index (χ3n) is 4.35. The van der Waals surface area contributed by atoms with Crippen LogP contribution in [0.4, 0.5) is 4.39 Å². The Hall–Kier alpha value is -1.19. The number of hydrogen-bond donors (Lipinski definition) is 1. The van der Waals surface area contributed by atoms with Crippen LogP contribution in [0.25, 0.3) is 0 Å². The van der Waals surface area contributed by atoms with Crippen molar-refractivity contribution in [2.24, 2.45) is 0 Å². The van der Waals surface area contributed by atoms with E-state index in [-0.39, 0.29) is 5.82 Å². The van der Waals surface area contributed by atoms with E-state index in [9.17, 15) is 4.39 Å². The Morgan fingerprint density at radius 2 is 2.25 bits per heavy atom. The summed E-state index contributed by atoms with van der Waals surface area (Å²) in [5, 5.41) is 3.62. The quantitative estimate of drug-likeness (QED) is 0.850. The molecule has 1 aromatic rings. The van der Waals surface area contributed by atoms with E-state index in [1.165, 1.54) is 18.1 Å². The van der Waals surface area contributed by atoms with Gasteiger partial charge in [-0.15, -0.1) is 0 Å². The zero-order chi connectivity index (χ0) is 13.8. The molecule has 3 heteroatoms. The second kappa shape index (κ2) is 6.51. The van der Waals surface area contributed by atoms with E-state index in [4.69, 9.17) is 4.74 Å². The fourth-order valence-corrected chi connectivity index (χ4v) is 3.24. The lowest BCUT2D eigenvalue weighted by Crippen LogP contribution is -2.30. The van der Waals surface area contributed by atoms with Crippen LogP contribution < -0.4 is 5.32 Å².